The van der Waals surface area contributed by atoms with Gasteiger partial charge in [0.1, 0.15) is 5.60 Å². The fourth-order valence-electron chi connectivity index (χ4n) is 6.20. The molecule has 0 aliphatic carbocycles. The first-order chi connectivity index (χ1) is 19.1. The maximum atomic E-state index is 13.4. The molecule has 2 aromatic rings. The Labute approximate surface area is 243 Å². The second-order valence-corrected chi connectivity index (χ2v) is 13.8. The lowest BCUT2D eigenvalue weighted by Crippen LogP contribution is -2.41. The topological polar surface area (TPSA) is 71.1 Å². The van der Waals surface area contributed by atoms with Gasteiger partial charge in [-0.3, -0.25) is 4.79 Å². The van der Waals surface area contributed by atoms with Crippen LogP contribution in [0.25, 0.3) is 10.4 Å². The van der Waals surface area contributed by atoms with Crippen molar-refractivity contribution < 1.29 is 19.1 Å². The molecule has 3 fully saturated rings. The fourth-order valence-corrected chi connectivity index (χ4v) is 7.35. The van der Waals surface area contributed by atoms with Crippen LogP contribution in [0.15, 0.2) is 30.3 Å². The monoisotopic (exact) mass is 567 g/mol. The Kier molecular flexibility index (Phi) is 9.18. The van der Waals surface area contributed by atoms with Crippen LogP contribution in [0.1, 0.15) is 79.6 Å². The van der Waals surface area contributed by atoms with Crippen molar-refractivity contribution >= 4 is 23.3 Å². The Balaban J connectivity index is 1.14. The van der Waals surface area contributed by atoms with Crippen molar-refractivity contribution in [3.63, 3.8) is 0 Å². The van der Waals surface area contributed by atoms with E-state index in [1.165, 1.54) is 50.9 Å². The first kappa shape index (κ1) is 29.1. The summed E-state index contributed by atoms with van der Waals surface area (Å²) in [5.74, 6) is 1.37. The first-order valence-electron chi connectivity index (χ1n) is 14.9. The molecule has 1 aromatic heterocycles. The molecule has 1 unspecified atom stereocenters. The highest BCUT2D eigenvalue weighted by atomic mass is 32.1. The standard InChI is InChI=1S/C32H45N3O4S/c1-22-18-28(40-29(22)30(36)35-16-13-27(20-35)33-31(37)39-32(2,3)4)26-9-7-24(8-10-26)25-11-14-34(15-12-25)19-23-6-5-17-38-21-23/h7-10,18,23,25,27H,5-6,11-17,19-21H2,1-4H3,(H,33,37)/t23?,27-/m0/s1. The van der Waals surface area contributed by atoms with Crippen molar-refractivity contribution in [2.45, 2.75) is 77.4 Å². The van der Waals surface area contributed by atoms with Crippen molar-refractivity contribution in [3.8, 4) is 10.4 Å². The first-order valence-corrected chi connectivity index (χ1v) is 15.8. The van der Waals surface area contributed by atoms with Crippen LogP contribution in [0, 0.1) is 12.8 Å². The Hall–Kier alpha value is -2.42. The van der Waals surface area contributed by atoms with Crippen LogP contribution in [-0.2, 0) is 9.47 Å². The van der Waals surface area contributed by atoms with Crippen LogP contribution in [0.3, 0.4) is 0 Å². The molecule has 0 spiro atoms. The van der Waals surface area contributed by atoms with E-state index in [1.54, 1.807) is 11.3 Å². The molecule has 7 nitrogen and oxygen atoms in total. The Morgan fingerprint density at radius 2 is 1.82 bits per heavy atom. The molecule has 0 saturated carbocycles. The van der Waals surface area contributed by atoms with Gasteiger partial charge in [0, 0.05) is 31.1 Å². The number of hydrogen-bond acceptors (Lipinski definition) is 6. The molecule has 1 N–H and O–H groups in total. The zero-order valence-electron chi connectivity index (χ0n) is 24.5. The van der Waals surface area contributed by atoms with Crippen LogP contribution in [-0.4, -0.2) is 79.4 Å². The molecule has 218 valence electrons. The number of piperidine rings is 1. The predicted octanol–water partition coefficient (Wildman–Crippen LogP) is 6.07. The van der Waals surface area contributed by atoms with Gasteiger partial charge in [-0.25, -0.2) is 4.79 Å². The zero-order valence-corrected chi connectivity index (χ0v) is 25.4. The minimum absolute atomic E-state index is 0.0467. The smallest absolute Gasteiger partial charge is 0.407 e. The van der Waals surface area contributed by atoms with Crippen LogP contribution >= 0.6 is 11.3 Å². The number of amides is 2. The average Bonchev–Trinajstić information content (AvgIpc) is 3.55. The summed E-state index contributed by atoms with van der Waals surface area (Å²) in [7, 11) is 0. The lowest BCUT2D eigenvalue weighted by atomic mass is 9.88. The van der Waals surface area contributed by atoms with Gasteiger partial charge < -0.3 is 24.6 Å². The van der Waals surface area contributed by atoms with E-state index in [4.69, 9.17) is 9.47 Å². The van der Waals surface area contributed by atoms with Crippen molar-refractivity contribution in [1.29, 1.82) is 0 Å². The molecule has 1 aromatic carbocycles. The van der Waals surface area contributed by atoms with Crippen molar-refractivity contribution in [2.24, 2.45) is 5.92 Å². The summed E-state index contributed by atoms with van der Waals surface area (Å²) in [5, 5.41) is 2.91. The van der Waals surface area contributed by atoms with Gasteiger partial charge in [0.15, 0.2) is 0 Å². The average molecular weight is 568 g/mol. The largest absolute Gasteiger partial charge is 0.444 e. The maximum Gasteiger partial charge on any atom is 0.407 e. The van der Waals surface area contributed by atoms with Crippen LogP contribution in [0.5, 0.6) is 0 Å². The molecule has 2 amide bonds. The minimum atomic E-state index is -0.539. The summed E-state index contributed by atoms with van der Waals surface area (Å²) in [6.07, 6.45) is 5.24. The number of likely N-dealkylation sites (tertiary alicyclic amines) is 2. The van der Waals surface area contributed by atoms with Gasteiger partial charge in [0.25, 0.3) is 5.91 Å². The predicted molar refractivity (Wildman–Crippen MR) is 160 cm³/mol. The van der Waals surface area contributed by atoms with Crippen molar-refractivity contribution in [1.82, 2.24) is 15.1 Å². The van der Waals surface area contributed by atoms with E-state index in [-0.39, 0.29) is 11.9 Å². The number of ether oxygens (including phenoxy) is 2. The number of rotatable bonds is 6. The van der Waals surface area contributed by atoms with Gasteiger partial charge in [-0.1, -0.05) is 24.3 Å². The summed E-state index contributed by atoms with van der Waals surface area (Å²) in [6.45, 7) is 14.1. The zero-order chi connectivity index (χ0) is 28.3. The Morgan fingerprint density at radius 1 is 1.07 bits per heavy atom. The van der Waals surface area contributed by atoms with Crippen molar-refractivity contribution in [3.05, 3.63) is 46.3 Å². The Morgan fingerprint density at radius 3 is 2.50 bits per heavy atom. The van der Waals surface area contributed by atoms with E-state index < -0.39 is 11.7 Å². The summed E-state index contributed by atoms with van der Waals surface area (Å²) in [5.41, 5.74) is 3.06. The third-order valence-electron chi connectivity index (χ3n) is 8.33. The highest BCUT2D eigenvalue weighted by molar-refractivity contribution is 7.17. The number of carbonyl (C=O) groups excluding carboxylic acids is 2. The van der Waals surface area contributed by atoms with Gasteiger partial charge in [-0.2, -0.15) is 0 Å². The number of thiophene rings is 1. The second kappa shape index (κ2) is 12.6. The molecular weight excluding hydrogens is 522 g/mol. The van der Waals surface area contributed by atoms with Crippen LogP contribution in [0.4, 0.5) is 4.79 Å². The van der Waals surface area contributed by atoms with Gasteiger partial charge in [-0.15, -0.1) is 11.3 Å². The second-order valence-electron chi connectivity index (χ2n) is 12.8. The molecule has 4 heterocycles. The Bertz CT molecular complexity index is 1160. The molecule has 0 radical (unpaired) electrons. The third kappa shape index (κ3) is 7.45. The van der Waals surface area contributed by atoms with Crippen LogP contribution < -0.4 is 5.32 Å². The fraction of sp³-hybridized carbons (Fsp3) is 0.625. The van der Waals surface area contributed by atoms with E-state index in [9.17, 15) is 9.59 Å². The highest BCUT2D eigenvalue weighted by Crippen LogP contribution is 2.35. The van der Waals surface area contributed by atoms with Gasteiger partial charge in [0.05, 0.1) is 17.5 Å². The lowest BCUT2D eigenvalue weighted by molar-refractivity contribution is 0.0346. The molecule has 2 atom stereocenters. The van der Waals surface area contributed by atoms with Crippen LogP contribution in [0.2, 0.25) is 0 Å². The van der Waals surface area contributed by atoms with E-state index in [2.05, 4.69) is 40.5 Å². The molecule has 5 rings (SSSR count). The summed E-state index contributed by atoms with van der Waals surface area (Å²) in [4.78, 5) is 31.9. The maximum absolute atomic E-state index is 13.4. The number of aryl methyl sites for hydroxylation is 1. The molecule has 40 heavy (non-hydrogen) atoms. The minimum Gasteiger partial charge on any atom is -0.444 e. The lowest BCUT2D eigenvalue weighted by Gasteiger charge is -2.35. The van der Waals surface area contributed by atoms with E-state index in [1.807, 2.05) is 32.6 Å². The molecule has 8 heteroatoms. The van der Waals surface area contributed by atoms with E-state index in [0.29, 0.717) is 24.9 Å². The normalized spacial score (nSPS) is 22.9. The third-order valence-corrected chi connectivity index (χ3v) is 9.61. The number of nitrogens with one attached hydrogen (secondary N) is 1. The molecule has 3 aliphatic heterocycles. The molecule has 0 bridgehead atoms. The van der Waals surface area contributed by atoms with Gasteiger partial charge in [0.2, 0.25) is 0 Å². The SMILES string of the molecule is Cc1cc(-c2ccc(C3CCN(CC4CCCOC4)CC3)cc2)sc1C(=O)N1CC[C@H](NC(=O)OC(C)(C)C)C1. The number of carbonyl (C=O) groups is 2. The summed E-state index contributed by atoms with van der Waals surface area (Å²) in [6, 6.07) is 11.1. The number of nitrogens with zero attached hydrogens (tertiary/aromatic N) is 2. The highest BCUT2D eigenvalue weighted by Gasteiger charge is 2.31. The quantitative estimate of drug-likeness (QED) is 0.459. The van der Waals surface area contributed by atoms with E-state index >= 15 is 0 Å². The number of alkyl carbamates (subject to hydrolysis) is 1. The molecule has 3 saturated heterocycles. The number of hydrogen-bond donors (Lipinski definition) is 1. The number of benzene rings is 1. The summed E-state index contributed by atoms with van der Waals surface area (Å²) >= 11 is 1.57. The summed E-state index contributed by atoms with van der Waals surface area (Å²) < 4.78 is 11.0. The van der Waals surface area contributed by atoms with Gasteiger partial charge in [-0.05, 0) is 107 Å². The van der Waals surface area contributed by atoms with Crippen molar-refractivity contribution in [2.75, 3.05) is 45.9 Å². The molecular formula is C32H45N3O4S. The van der Waals surface area contributed by atoms with E-state index in [0.717, 1.165) is 40.5 Å². The molecule has 3 aliphatic rings. The van der Waals surface area contributed by atoms with Gasteiger partial charge >= 0.3 is 6.09 Å².